The van der Waals surface area contributed by atoms with Crippen LogP contribution in [0.1, 0.15) is 18.5 Å². The predicted octanol–water partition coefficient (Wildman–Crippen LogP) is 2.45. The number of carbonyl (C=O) groups excluding carboxylic acids is 1. The van der Waals surface area contributed by atoms with E-state index in [1.165, 1.54) is 16.8 Å². The molecule has 1 aromatic carbocycles. The lowest BCUT2D eigenvalue weighted by atomic mass is 10.3. The Morgan fingerprint density at radius 3 is 2.71 bits per heavy atom. The molecule has 0 saturated carbocycles. The van der Waals surface area contributed by atoms with Gasteiger partial charge in [0.1, 0.15) is 11.5 Å². The van der Waals surface area contributed by atoms with E-state index in [2.05, 4.69) is 15.7 Å². The fraction of sp³-hybridized carbons (Fsp3) is 0.267. The standard InChI is InChI=1S/C15H16F2N4O3/c1-9-7-13(19-15(24)18-6-2-3-14(22)23)20-21(9)12-5-4-10(16)8-11(12)17/h4-5,7-8H,2-3,6H2,1H3,(H,22,23)(H2,18,19,20,24). The number of urea groups is 1. The summed E-state index contributed by atoms with van der Waals surface area (Å²) in [6.07, 6.45) is 0.259. The highest BCUT2D eigenvalue weighted by atomic mass is 19.1. The number of rotatable bonds is 6. The number of hydrogen-bond donors (Lipinski definition) is 3. The van der Waals surface area contributed by atoms with E-state index in [1.807, 2.05) is 0 Å². The fourth-order valence-corrected chi connectivity index (χ4v) is 2.03. The summed E-state index contributed by atoms with van der Waals surface area (Å²) in [5.74, 6) is -2.22. The van der Waals surface area contributed by atoms with Gasteiger partial charge in [-0.15, -0.1) is 5.10 Å². The van der Waals surface area contributed by atoms with Gasteiger partial charge in [0.25, 0.3) is 0 Å². The summed E-state index contributed by atoms with van der Waals surface area (Å²) in [4.78, 5) is 22.0. The maximum Gasteiger partial charge on any atom is 0.320 e. The first kappa shape index (κ1) is 17.4. The Morgan fingerprint density at radius 2 is 2.04 bits per heavy atom. The molecule has 128 valence electrons. The van der Waals surface area contributed by atoms with Crippen LogP contribution < -0.4 is 10.6 Å². The van der Waals surface area contributed by atoms with Crippen LogP contribution >= 0.6 is 0 Å². The first-order valence-corrected chi connectivity index (χ1v) is 7.15. The summed E-state index contributed by atoms with van der Waals surface area (Å²) >= 11 is 0. The van der Waals surface area contributed by atoms with E-state index in [-0.39, 0.29) is 24.5 Å². The van der Waals surface area contributed by atoms with Gasteiger partial charge in [-0.05, 0) is 25.5 Å². The molecule has 0 atom stereocenters. The number of amides is 2. The summed E-state index contributed by atoms with van der Waals surface area (Å²) < 4.78 is 28.0. The Morgan fingerprint density at radius 1 is 1.29 bits per heavy atom. The summed E-state index contributed by atoms with van der Waals surface area (Å²) in [7, 11) is 0. The maximum atomic E-state index is 13.8. The number of aliphatic carboxylic acids is 1. The van der Waals surface area contributed by atoms with E-state index in [4.69, 9.17) is 5.11 Å². The molecule has 9 heteroatoms. The van der Waals surface area contributed by atoms with Gasteiger partial charge in [-0.1, -0.05) is 0 Å². The third-order valence-corrected chi connectivity index (χ3v) is 3.12. The minimum atomic E-state index is -0.937. The molecule has 0 saturated heterocycles. The Bertz CT molecular complexity index is 761. The third-order valence-electron chi connectivity index (χ3n) is 3.12. The molecule has 0 radical (unpaired) electrons. The molecule has 24 heavy (non-hydrogen) atoms. The van der Waals surface area contributed by atoms with E-state index in [0.29, 0.717) is 12.1 Å². The van der Waals surface area contributed by atoms with E-state index in [0.717, 1.165) is 12.1 Å². The Hall–Kier alpha value is -2.97. The van der Waals surface area contributed by atoms with E-state index in [1.54, 1.807) is 6.92 Å². The molecule has 1 heterocycles. The topological polar surface area (TPSA) is 96.2 Å². The van der Waals surface area contributed by atoms with Gasteiger partial charge in [0.15, 0.2) is 11.6 Å². The molecule has 0 aliphatic rings. The number of carboxylic acid groups (broad SMARTS) is 1. The number of halogens is 2. The Kier molecular flexibility index (Phi) is 5.46. The van der Waals surface area contributed by atoms with Crippen LogP contribution in [0.5, 0.6) is 0 Å². The van der Waals surface area contributed by atoms with Gasteiger partial charge in [0.2, 0.25) is 0 Å². The quantitative estimate of drug-likeness (QED) is 0.705. The first-order valence-electron chi connectivity index (χ1n) is 7.15. The van der Waals surface area contributed by atoms with Gasteiger partial charge in [0.05, 0.1) is 0 Å². The predicted molar refractivity (Wildman–Crippen MR) is 82.1 cm³/mol. The Balaban J connectivity index is 2.01. The smallest absolute Gasteiger partial charge is 0.320 e. The van der Waals surface area contributed by atoms with Gasteiger partial charge in [-0.3, -0.25) is 10.1 Å². The van der Waals surface area contributed by atoms with Crippen molar-refractivity contribution in [3.05, 3.63) is 41.6 Å². The zero-order chi connectivity index (χ0) is 17.7. The molecule has 7 nitrogen and oxygen atoms in total. The zero-order valence-electron chi connectivity index (χ0n) is 12.8. The number of carboxylic acids is 1. The summed E-state index contributed by atoms with van der Waals surface area (Å²) in [6, 6.07) is 4.09. The lowest BCUT2D eigenvalue weighted by molar-refractivity contribution is -0.137. The minimum absolute atomic E-state index is 0.0438. The molecule has 0 bridgehead atoms. The van der Waals surface area contributed by atoms with Gasteiger partial charge in [-0.2, -0.15) is 0 Å². The van der Waals surface area contributed by atoms with Crippen molar-refractivity contribution >= 4 is 17.8 Å². The van der Waals surface area contributed by atoms with Crippen molar-refractivity contribution in [1.29, 1.82) is 0 Å². The Labute approximate surface area is 136 Å². The lowest BCUT2D eigenvalue weighted by Crippen LogP contribution is -2.30. The first-order chi connectivity index (χ1) is 11.4. The molecular weight excluding hydrogens is 322 g/mol. The fourth-order valence-electron chi connectivity index (χ4n) is 2.03. The summed E-state index contributed by atoms with van der Waals surface area (Å²) in [5.41, 5.74) is 0.602. The van der Waals surface area contributed by atoms with E-state index >= 15 is 0 Å². The van der Waals surface area contributed by atoms with Crippen LogP contribution in [0, 0.1) is 18.6 Å². The molecule has 1 aromatic heterocycles. The van der Waals surface area contributed by atoms with Crippen molar-refractivity contribution in [3.8, 4) is 5.69 Å². The average Bonchev–Trinajstić information content (AvgIpc) is 2.84. The van der Waals surface area contributed by atoms with Crippen LogP contribution in [-0.2, 0) is 4.79 Å². The molecule has 2 aromatic rings. The highest BCUT2D eigenvalue weighted by Crippen LogP contribution is 2.18. The molecule has 0 aliphatic carbocycles. The lowest BCUT2D eigenvalue weighted by Gasteiger charge is -2.06. The maximum absolute atomic E-state index is 13.8. The van der Waals surface area contributed by atoms with Gasteiger partial charge < -0.3 is 10.4 Å². The second kappa shape index (κ2) is 7.53. The van der Waals surface area contributed by atoms with E-state index < -0.39 is 23.6 Å². The van der Waals surface area contributed by atoms with Crippen LogP contribution in [0.2, 0.25) is 0 Å². The SMILES string of the molecule is Cc1cc(NC(=O)NCCCC(=O)O)nn1-c1ccc(F)cc1F. The zero-order valence-corrected chi connectivity index (χ0v) is 12.8. The number of aromatic nitrogens is 2. The molecule has 2 rings (SSSR count). The number of hydrogen-bond acceptors (Lipinski definition) is 3. The van der Waals surface area contributed by atoms with Crippen molar-refractivity contribution in [2.45, 2.75) is 19.8 Å². The summed E-state index contributed by atoms with van der Waals surface area (Å²) in [5, 5.41) is 17.5. The van der Waals surface area contributed by atoms with Crippen LogP contribution in [0.25, 0.3) is 5.69 Å². The monoisotopic (exact) mass is 338 g/mol. The largest absolute Gasteiger partial charge is 0.481 e. The van der Waals surface area contributed by atoms with Crippen molar-refractivity contribution in [2.24, 2.45) is 0 Å². The van der Waals surface area contributed by atoms with Gasteiger partial charge >= 0.3 is 12.0 Å². The van der Waals surface area contributed by atoms with Gasteiger partial charge in [0, 0.05) is 30.8 Å². The number of aryl methyl sites for hydroxylation is 1. The van der Waals surface area contributed by atoms with Crippen LogP contribution in [0.4, 0.5) is 19.4 Å². The second-order valence-corrected chi connectivity index (χ2v) is 5.06. The van der Waals surface area contributed by atoms with Gasteiger partial charge in [-0.25, -0.2) is 18.3 Å². The van der Waals surface area contributed by atoms with Crippen LogP contribution in [-0.4, -0.2) is 33.4 Å². The van der Waals surface area contributed by atoms with Crippen LogP contribution in [0.15, 0.2) is 24.3 Å². The van der Waals surface area contributed by atoms with Crippen LogP contribution in [0.3, 0.4) is 0 Å². The van der Waals surface area contributed by atoms with Crippen molar-refractivity contribution in [1.82, 2.24) is 15.1 Å². The minimum Gasteiger partial charge on any atom is -0.481 e. The summed E-state index contributed by atoms with van der Waals surface area (Å²) in [6.45, 7) is 1.86. The molecule has 0 aliphatic heterocycles. The number of carbonyl (C=O) groups is 2. The van der Waals surface area contributed by atoms with Crippen molar-refractivity contribution in [2.75, 3.05) is 11.9 Å². The molecule has 0 fully saturated rings. The molecule has 3 N–H and O–H groups in total. The molecular formula is C15H16F2N4O3. The second-order valence-electron chi connectivity index (χ2n) is 5.06. The highest BCUT2D eigenvalue weighted by molar-refractivity contribution is 5.88. The normalized spacial score (nSPS) is 10.5. The third kappa shape index (κ3) is 4.51. The number of nitrogens with one attached hydrogen (secondary N) is 2. The number of nitrogens with zero attached hydrogens (tertiary/aromatic N) is 2. The van der Waals surface area contributed by atoms with Crippen molar-refractivity contribution < 1.29 is 23.5 Å². The molecule has 0 unspecified atom stereocenters. The van der Waals surface area contributed by atoms with Crippen molar-refractivity contribution in [3.63, 3.8) is 0 Å². The highest BCUT2D eigenvalue weighted by Gasteiger charge is 2.12. The number of anilines is 1. The molecule has 2 amide bonds. The van der Waals surface area contributed by atoms with E-state index in [9.17, 15) is 18.4 Å². The average molecular weight is 338 g/mol. The molecule has 0 spiro atoms. The number of benzene rings is 1.